The highest BCUT2D eigenvalue weighted by Gasteiger charge is 2.34. The van der Waals surface area contributed by atoms with Crippen LogP contribution in [0.4, 0.5) is 5.69 Å². The Bertz CT molecular complexity index is 1150. The number of nitrogens with zero attached hydrogens (tertiary/aromatic N) is 3. The third kappa shape index (κ3) is 2.88. The molecule has 0 aliphatic carbocycles. The van der Waals surface area contributed by atoms with Crippen molar-refractivity contribution in [3.63, 3.8) is 0 Å². The van der Waals surface area contributed by atoms with Gasteiger partial charge in [0.2, 0.25) is 5.91 Å². The minimum atomic E-state index is -0.108. The van der Waals surface area contributed by atoms with Crippen molar-refractivity contribution >= 4 is 34.1 Å². The minimum Gasteiger partial charge on any atom is -0.361 e. The number of anilines is 1. The fourth-order valence-corrected chi connectivity index (χ4v) is 3.66. The lowest BCUT2D eigenvalue weighted by Gasteiger charge is -2.16. The maximum absolute atomic E-state index is 12.5. The molecule has 1 fully saturated rings. The average Bonchev–Trinajstić information content (AvgIpc) is 3.40. The molecule has 7 heteroatoms. The van der Waals surface area contributed by atoms with E-state index >= 15 is 0 Å². The van der Waals surface area contributed by atoms with Crippen molar-refractivity contribution in [3.8, 4) is 11.5 Å². The highest BCUT2D eigenvalue weighted by Crippen LogP contribution is 2.32. The molecule has 0 bridgehead atoms. The van der Waals surface area contributed by atoms with Crippen LogP contribution >= 0.6 is 11.6 Å². The van der Waals surface area contributed by atoms with E-state index in [-0.39, 0.29) is 11.8 Å². The summed E-state index contributed by atoms with van der Waals surface area (Å²) in [7, 11) is 0. The molecule has 1 aliphatic rings. The Morgan fingerprint density at radius 2 is 2.11 bits per heavy atom. The summed E-state index contributed by atoms with van der Waals surface area (Å²) in [5.41, 5.74) is 2.64. The summed E-state index contributed by atoms with van der Waals surface area (Å²) < 4.78 is 5.46. The first kappa shape index (κ1) is 16.1. The molecule has 1 atom stereocenters. The van der Waals surface area contributed by atoms with E-state index in [9.17, 15) is 4.79 Å². The van der Waals surface area contributed by atoms with E-state index in [1.807, 2.05) is 42.6 Å². The number of carbonyl (C=O) groups excluding carboxylic acids is 1. The highest BCUT2D eigenvalue weighted by molar-refractivity contribution is 6.30. The second-order valence-corrected chi connectivity index (χ2v) is 7.06. The van der Waals surface area contributed by atoms with Gasteiger partial charge in [-0.1, -0.05) is 28.9 Å². The summed E-state index contributed by atoms with van der Waals surface area (Å²) in [4.78, 5) is 21.9. The monoisotopic (exact) mass is 378 g/mol. The molecule has 2 aromatic heterocycles. The van der Waals surface area contributed by atoms with E-state index in [4.69, 9.17) is 16.1 Å². The molecule has 1 unspecified atom stereocenters. The smallest absolute Gasteiger partial charge is 0.258 e. The number of hydrogen-bond acceptors (Lipinski definition) is 4. The van der Waals surface area contributed by atoms with Crippen LogP contribution < -0.4 is 4.90 Å². The summed E-state index contributed by atoms with van der Waals surface area (Å²) >= 11 is 6.05. The second kappa shape index (κ2) is 6.25. The topological polar surface area (TPSA) is 75.0 Å². The zero-order valence-corrected chi connectivity index (χ0v) is 15.0. The van der Waals surface area contributed by atoms with Crippen LogP contribution in [0.15, 0.2) is 59.3 Å². The van der Waals surface area contributed by atoms with Gasteiger partial charge in [-0.15, -0.1) is 0 Å². The van der Waals surface area contributed by atoms with Gasteiger partial charge in [-0.05, 0) is 41.8 Å². The summed E-state index contributed by atoms with van der Waals surface area (Å²) in [6.45, 7) is 0.508. The number of fused-ring (bicyclic) bond motifs is 1. The second-order valence-electron chi connectivity index (χ2n) is 6.62. The van der Waals surface area contributed by atoms with Gasteiger partial charge in [-0.3, -0.25) is 4.79 Å². The van der Waals surface area contributed by atoms with Gasteiger partial charge in [-0.25, -0.2) is 0 Å². The standard InChI is InChI=1S/C20H15ClN4O2/c21-15-2-1-3-16(10-15)25-11-14(9-18(25)26)19-23-20(27-24-19)13-5-4-12-6-7-22-17(12)8-13/h1-8,10,14,22H,9,11H2. The molecule has 4 aromatic rings. The largest absolute Gasteiger partial charge is 0.361 e. The highest BCUT2D eigenvalue weighted by atomic mass is 35.5. The Kier molecular flexibility index (Phi) is 3.72. The molecule has 1 aliphatic heterocycles. The molecule has 1 amide bonds. The zero-order valence-electron chi connectivity index (χ0n) is 14.2. The molecule has 6 nitrogen and oxygen atoms in total. The number of aromatic amines is 1. The van der Waals surface area contributed by atoms with E-state index in [1.165, 1.54) is 0 Å². The van der Waals surface area contributed by atoms with Crippen LogP contribution in [-0.2, 0) is 4.79 Å². The maximum Gasteiger partial charge on any atom is 0.258 e. The van der Waals surface area contributed by atoms with Gasteiger partial charge in [0.1, 0.15) is 0 Å². The quantitative estimate of drug-likeness (QED) is 0.573. The first-order valence-electron chi connectivity index (χ1n) is 8.64. The average molecular weight is 379 g/mol. The number of carbonyl (C=O) groups is 1. The number of benzene rings is 2. The number of hydrogen-bond donors (Lipinski definition) is 1. The van der Waals surface area contributed by atoms with E-state index in [0.29, 0.717) is 29.7 Å². The van der Waals surface area contributed by atoms with Gasteiger partial charge in [-0.2, -0.15) is 4.98 Å². The van der Waals surface area contributed by atoms with Gasteiger partial charge in [0.15, 0.2) is 5.82 Å². The number of rotatable bonds is 3. The summed E-state index contributed by atoms with van der Waals surface area (Å²) in [5.74, 6) is 0.925. The Hall–Kier alpha value is -3.12. The first-order valence-corrected chi connectivity index (χ1v) is 9.02. The lowest BCUT2D eigenvalue weighted by atomic mass is 10.1. The molecule has 5 rings (SSSR count). The fourth-order valence-electron chi connectivity index (χ4n) is 3.47. The maximum atomic E-state index is 12.5. The summed E-state index contributed by atoms with van der Waals surface area (Å²) in [6.07, 6.45) is 2.24. The van der Waals surface area contributed by atoms with E-state index < -0.39 is 0 Å². The lowest BCUT2D eigenvalue weighted by Crippen LogP contribution is -2.24. The normalized spacial score (nSPS) is 17.1. The van der Waals surface area contributed by atoms with Crippen LogP contribution in [0.3, 0.4) is 0 Å². The fraction of sp³-hybridized carbons (Fsp3) is 0.150. The Labute approximate surface area is 159 Å². The van der Waals surface area contributed by atoms with Crippen molar-refractivity contribution in [2.75, 3.05) is 11.4 Å². The van der Waals surface area contributed by atoms with Crippen molar-refractivity contribution in [2.24, 2.45) is 0 Å². The van der Waals surface area contributed by atoms with Gasteiger partial charge in [0.05, 0.1) is 0 Å². The molecule has 2 aromatic carbocycles. The third-order valence-corrected chi connectivity index (χ3v) is 5.09. The van der Waals surface area contributed by atoms with Crippen LogP contribution in [0, 0.1) is 0 Å². The molecule has 0 saturated carbocycles. The number of aromatic nitrogens is 3. The van der Waals surface area contributed by atoms with E-state index in [2.05, 4.69) is 15.1 Å². The Morgan fingerprint density at radius 1 is 1.19 bits per heavy atom. The zero-order chi connectivity index (χ0) is 18.4. The van der Waals surface area contributed by atoms with Crippen molar-refractivity contribution in [3.05, 3.63) is 65.6 Å². The SMILES string of the molecule is O=C1CC(c2noc(-c3ccc4cc[nH]c4c3)n2)CN1c1cccc(Cl)c1. The molecule has 3 heterocycles. The van der Waals surface area contributed by atoms with E-state index in [0.717, 1.165) is 22.2 Å². The molecule has 0 spiro atoms. The van der Waals surface area contributed by atoms with Crippen molar-refractivity contribution in [2.45, 2.75) is 12.3 Å². The number of nitrogens with one attached hydrogen (secondary N) is 1. The van der Waals surface area contributed by atoms with Crippen LogP contribution in [-0.4, -0.2) is 27.6 Å². The van der Waals surface area contributed by atoms with Gasteiger partial charge >= 0.3 is 0 Å². The number of halogens is 1. The predicted octanol–water partition coefficient (Wildman–Crippen LogP) is 4.39. The molecule has 27 heavy (non-hydrogen) atoms. The van der Waals surface area contributed by atoms with Crippen LogP contribution in [0.2, 0.25) is 5.02 Å². The lowest BCUT2D eigenvalue weighted by molar-refractivity contribution is -0.117. The van der Waals surface area contributed by atoms with Gasteiger partial charge in [0, 0.05) is 46.9 Å². The van der Waals surface area contributed by atoms with Crippen LogP contribution in [0.5, 0.6) is 0 Å². The summed E-state index contributed by atoms with van der Waals surface area (Å²) in [5, 5.41) is 5.85. The van der Waals surface area contributed by atoms with Gasteiger partial charge < -0.3 is 14.4 Å². The molecule has 0 radical (unpaired) electrons. The van der Waals surface area contributed by atoms with Crippen LogP contribution in [0.25, 0.3) is 22.4 Å². The molecule has 1 saturated heterocycles. The summed E-state index contributed by atoms with van der Waals surface area (Å²) in [6, 6.07) is 15.2. The number of amides is 1. The van der Waals surface area contributed by atoms with Crippen molar-refractivity contribution < 1.29 is 9.32 Å². The van der Waals surface area contributed by atoms with Gasteiger partial charge in [0.25, 0.3) is 5.89 Å². The first-order chi connectivity index (χ1) is 13.2. The third-order valence-electron chi connectivity index (χ3n) is 4.85. The van der Waals surface area contributed by atoms with E-state index in [1.54, 1.807) is 17.0 Å². The Morgan fingerprint density at radius 3 is 3.00 bits per heavy atom. The minimum absolute atomic E-state index is 0.0291. The van der Waals surface area contributed by atoms with Crippen molar-refractivity contribution in [1.82, 2.24) is 15.1 Å². The molecule has 134 valence electrons. The molecular weight excluding hydrogens is 364 g/mol. The predicted molar refractivity (Wildman–Crippen MR) is 103 cm³/mol. The molecule has 1 N–H and O–H groups in total. The molecular formula is C20H15ClN4O2. The number of H-pyrrole nitrogens is 1. The van der Waals surface area contributed by atoms with Crippen LogP contribution in [0.1, 0.15) is 18.2 Å². The Balaban J connectivity index is 1.40. The van der Waals surface area contributed by atoms with Crippen molar-refractivity contribution in [1.29, 1.82) is 0 Å².